The molecule has 1 atom stereocenters. The lowest BCUT2D eigenvalue weighted by molar-refractivity contribution is -0.117. The van der Waals surface area contributed by atoms with Crippen LogP contribution in [0.5, 0.6) is 0 Å². The first kappa shape index (κ1) is 7.52. The summed E-state index contributed by atoms with van der Waals surface area (Å²) in [5.74, 6) is 0.421. The zero-order valence-electron chi connectivity index (χ0n) is 6.52. The van der Waals surface area contributed by atoms with Crippen molar-refractivity contribution in [3.05, 3.63) is 12.7 Å². The van der Waals surface area contributed by atoms with Crippen molar-refractivity contribution in [2.24, 2.45) is 5.41 Å². The zero-order valence-corrected chi connectivity index (χ0v) is 6.52. The number of allylic oxidation sites excluding steroid dienone is 1. The second-order valence-electron chi connectivity index (χ2n) is 3.52. The van der Waals surface area contributed by atoms with Gasteiger partial charge in [0.05, 0.1) is 0 Å². The van der Waals surface area contributed by atoms with Crippen molar-refractivity contribution in [1.29, 1.82) is 0 Å². The van der Waals surface area contributed by atoms with E-state index < -0.39 is 0 Å². The van der Waals surface area contributed by atoms with Gasteiger partial charge in [-0.25, -0.2) is 0 Å². The zero-order chi connectivity index (χ0) is 7.61. The van der Waals surface area contributed by atoms with E-state index in [2.05, 4.69) is 13.5 Å². The summed E-state index contributed by atoms with van der Waals surface area (Å²) in [6.07, 6.45) is 5.50. The molecule has 1 aliphatic rings. The molecule has 0 saturated heterocycles. The highest BCUT2D eigenvalue weighted by Gasteiger charge is 2.32. The topological polar surface area (TPSA) is 17.1 Å². The van der Waals surface area contributed by atoms with Crippen LogP contribution in [0.2, 0.25) is 0 Å². The summed E-state index contributed by atoms with van der Waals surface area (Å²) in [5, 5.41) is 0. The Hall–Kier alpha value is -0.590. The van der Waals surface area contributed by atoms with E-state index in [1.807, 2.05) is 6.08 Å². The Bertz CT molecular complexity index is 160. The lowest BCUT2D eigenvalue weighted by Crippen LogP contribution is -2.09. The monoisotopic (exact) mass is 138 g/mol. The predicted octanol–water partition coefficient (Wildman–Crippen LogP) is 2.32. The summed E-state index contributed by atoms with van der Waals surface area (Å²) in [4.78, 5) is 10.9. The smallest absolute Gasteiger partial charge is 0.133 e. The van der Waals surface area contributed by atoms with E-state index in [9.17, 15) is 4.79 Å². The third-order valence-electron chi connectivity index (χ3n) is 2.27. The fourth-order valence-electron chi connectivity index (χ4n) is 1.62. The van der Waals surface area contributed by atoms with Crippen LogP contribution in [0.15, 0.2) is 12.7 Å². The summed E-state index contributed by atoms with van der Waals surface area (Å²) in [5.41, 5.74) is 0.249. The minimum absolute atomic E-state index is 0.249. The first-order valence-corrected chi connectivity index (χ1v) is 3.79. The Morgan fingerprint density at radius 2 is 2.50 bits per heavy atom. The van der Waals surface area contributed by atoms with E-state index in [-0.39, 0.29) is 5.41 Å². The number of carbonyl (C=O) groups is 1. The van der Waals surface area contributed by atoms with Gasteiger partial charge >= 0.3 is 0 Å². The second kappa shape index (κ2) is 2.57. The van der Waals surface area contributed by atoms with Crippen LogP contribution in [-0.4, -0.2) is 5.78 Å². The molecule has 1 rings (SSSR count). The molecule has 10 heavy (non-hydrogen) atoms. The normalized spacial score (nSPS) is 32.7. The van der Waals surface area contributed by atoms with Gasteiger partial charge in [0, 0.05) is 12.8 Å². The first-order chi connectivity index (χ1) is 4.66. The average molecular weight is 138 g/mol. The summed E-state index contributed by atoms with van der Waals surface area (Å²) in [6.45, 7) is 5.85. The first-order valence-electron chi connectivity index (χ1n) is 3.79. The van der Waals surface area contributed by atoms with E-state index >= 15 is 0 Å². The minimum Gasteiger partial charge on any atom is -0.300 e. The Morgan fingerprint density at radius 1 is 1.80 bits per heavy atom. The van der Waals surface area contributed by atoms with Crippen LogP contribution in [-0.2, 0) is 4.79 Å². The molecule has 0 unspecified atom stereocenters. The Balaban J connectivity index is 2.53. The van der Waals surface area contributed by atoms with Crippen molar-refractivity contribution in [3.8, 4) is 0 Å². The molecular formula is C9H14O. The van der Waals surface area contributed by atoms with E-state index in [0.717, 1.165) is 25.7 Å². The molecule has 0 amide bonds. The third-order valence-corrected chi connectivity index (χ3v) is 2.27. The van der Waals surface area contributed by atoms with Crippen LogP contribution in [0, 0.1) is 5.41 Å². The highest BCUT2D eigenvalue weighted by atomic mass is 16.1. The molecule has 1 aliphatic carbocycles. The molecule has 0 spiro atoms. The van der Waals surface area contributed by atoms with Crippen molar-refractivity contribution in [2.45, 2.75) is 32.6 Å². The fraction of sp³-hybridized carbons (Fsp3) is 0.667. The minimum atomic E-state index is 0.249. The van der Waals surface area contributed by atoms with Crippen LogP contribution in [0.4, 0.5) is 0 Å². The van der Waals surface area contributed by atoms with Gasteiger partial charge in [0.25, 0.3) is 0 Å². The Morgan fingerprint density at radius 3 is 2.90 bits per heavy atom. The van der Waals surface area contributed by atoms with E-state index in [1.54, 1.807) is 0 Å². The Labute approximate surface area is 62.1 Å². The summed E-state index contributed by atoms with van der Waals surface area (Å²) < 4.78 is 0. The predicted molar refractivity (Wildman–Crippen MR) is 41.8 cm³/mol. The molecule has 1 saturated carbocycles. The number of ketones is 1. The van der Waals surface area contributed by atoms with Gasteiger partial charge in [0.1, 0.15) is 5.78 Å². The molecule has 0 radical (unpaired) electrons. The summed E-state index contributed by atoms with van der Waals surface area (Å²) in [6, 6.07) is 0. The van der Waals surface area contributed by atoms with Gasteiger partial charge in [-0.05, 0) is 18.3 Å². The number of hydrogen-bond donors (Lipinski definition) is 0. The highest BCUT2D eigenvalue weighted by molar-refractivity contribution is 5.81. The third kappa shape index (κ3) is 1.47. The summed E-state index contributed by atoms with van der Waals surface area (Å²) in [7, 11) is 0. The van der Waals surface area contributed by atoms with Gasteiger partial charge < -0.3 is 0 Å². The standard InChI is InChI=1S/C9H14O/c1-3-5-9(2)6-4-8(10)7-9/h3H,1,4-7H2,2H3/t9-/m1/s1. The lowest BCUT2D eigenvalue weighted by atomic mass is 9.85. The van der Waals surface area contributed by atoms with Crippen LogP contribution in [0.1, 0.15) is 32.6 Å². The number of rotatable bonds is 2. The SMILES string of the molecule is C=CC[C@]1(C)CCC(=O)C1. The largest absolute Gasteiger partial charge is 0.300 e. The lowest BCUT2D eigenvalue weighted by Gasteiger charge is -2.19. The summed E-state index contributed by atoms with van der Waals surface area (Å²) >= 11 is 0. The van der Waals surface area contributed by atoms with Gasteiger partial charge in [-0.2, -0.15) is 0 Å². The highest BCUT2D eigenvalue weighted by Crippen LogP contribution is 2.38. The van der Waals surface area contributed by atoms with Gasteiger partial charge in [0.15, 0.2) is 0 Å². The fourth-order valence-corrected chi connectivity index (χ4v) is 1.62. The van der Waals surface area contributed by atoms with Gasteiger partial charge in [-0.1, -0.05) is 13.0 Å². The maximum atomic E-state index is 10.9. The molecule has 0 aromatic rings. The number of Topliss-reactive ketones (excluding diaryl/α,β-unsaturated/α-hetero) is 1. The molecule has 0 N–H and O–H groups in total. The molecule has 1 nitrogen and oxygen atoms in total. The molecule has 0 aromatic carbocycles. The molecule has 0 aromatic heterocycles. The van der Waals surface area contributed by atoms with E-state index in [0.29, 0.717) is 5.78 Å². The molecule has 1 fully saturated rings. The molecule has 56 valence electrons. The van der Waals surface area contributed by atoms with Crippen LogP contribution >= 0.6 is 0 Å². The molecular weight excluding hydrogens is 124 g/mol. The van der Waals surface area contributed by atoms with Crippen molar-refractivity contribution in [1.82, 2.24) is 0 Å². The van der Waals surface area contributed by atoms with Gasteiger partial charge in [0.2, 0.25) is 0 Å². The van der Waals surface area contributed by atoms with E-state index in [4.69, 9.17) is 0 Å². The second-order valence-corrected chi connectivity index (χ2v) is 3.52. The molecule has 1 heteroatoms. The molecule has 0 bridgehead atoms. The van der Waals surface area contributed by atoms with E-state index in [1.165, 1.54) is 0 Å². The van der Waals surface area contributed by atoms with Crippen molar-refractivity contribution in [3.63, 3.8) is 0 Å². The molecule has 0 heterocycles. The average Bonchev–Trinajstić information content (AvgIpc) is 2.12. The Kier molecular flexibility index (Phi) is 1.93. The maximum Gasteiger partial charge on any atom is 0.133 e. The number of hydrogen-bond acceptors (Lipinski definition) is 1. The van der Waals surface area contributed by atoms with Crippen LogP contribution in [0.3, 0.4) is 0 Å². The quantitative estimate of drug-likeness (QED) is 0.535. The van der Waals surface area contributed by atoms with Crippen LogP contribution in [0.25, 0.3) is 0 Å². The van der Waals surface area contributed by atoms with Crippen molar-refractivity contribution >= 4 is 5.78 Å². The molecule has 0 aliphatic heterocycles. The number of carbonyl (C=O) groups excluding carboxylic acids is 1. The van der Waals surface area contributed by atoms with Gasteiger partial charge in [-0.15, -0.1) is 6.58 Å². The van der Waals surface area contributed by atoms with Crippen molar-refractivity contribution in [2.75, 3.05) is 0 Å². The maximum absolute atomic E-state index is 10.9. The van der Waals surface area contributed by atoms with Crippen LogP contribution < -0.4 is 0 Å². The van der Waals surface area contributed by atoms with Gasteiger partial charge in [-0.3, -0.25) is 4.79 Å². The van der Waals surface area contributed by atoms with Crippen molar-refractivity contribution < 1.29 is 4.79 Å².